The van der Waals surface area contributed by atoms with Crippen LogP contribution in [0.1, 0.15) is 5.56 Å². The van der Waals surface area contributed by atoms with Crippen LogP contribution in [0.3, 0.4) is 0 Å². The molecule has 3 nitrogen and oxygen atoms in total. The first-order chi connectivity index (χ1) is 7.81. The third kappa shape index (κ3) is 2.15. The third-order valence-corrected chi connectivity index (χ3v) is 3.17. The molecule has 0 unspecified atom stereocenters. The highest BCUT2D eigenvalue weighted by Crippen LogP contribution is 2.32. The van der Waals surface area contributed by atoms with Gasteiger partial charge >= 0.3 is 0 Å². The van der Waals surface area contributed by atoms with Gasteiger partial charge in [-0.2, -0.15) is 5.26 Å². The van der Waals surface area contributed by atoms with Gasteiger partial charge in [0.05, 0.1) is 10.5 Å². The minimum Gasteiger partial charge on any atom is -0.383 e. The van der Waals surface area contributed by atoms with Gasteiger partial charge in [0.25, 0.3) is 0 Å². The molecule has 1 aromatic heterocycles. The summed E-state index contributed by atoms with van der Waals surface area (Å²) in [5.41, 5.74) is 6.39. The Hall–Kier alpha value is -1.99. The second-order valence-corrected chi connectivity index (χ2v) is 4.18. The molecular formula is C12H9N3S. The van der Waals surface area contributed by atoms with Crippen LogP contribution in [0.15, 0.2) is 52.4 Å². The Bertz CT molecular complexity index is 546. The Balaban J connectivity index is 2.35. The van der Waals surface area contributed by atoms with Gasteiger partial charge in [0.1, 0.15) is 11.9 Å². The van der Waals surface area contributed by atoms with Gasteiger partial charge in [-0.25, -0.2) is 4.98 Å². The number of nitrogens with two attached hydrogens (primary N) is 1. The monoisotopic (exact) mass is 227 g/mol. The summed E-state index contributed by atoms with van der Waals surface area (Å²) in [6, 6.07) is 13.3. The highest BCUT2D eigenvalue weighted by atomic mass is 32.2. The first-order valence-electron chi connectivity index (χ1n) is 4.69. The zero-order chi connectivity index (χ0) is 11.4. The van der Waals surface area contributed by atoms with Crippen molar-refractivity contribution in [2.45, 2.75) is 9.79 Å². The van der Waals surface area contributed by atoms with Crippen molar-refractivity contribution < 1.29 is 0 Å². The van der Waals surface area contributed by atoms with Crippen LogP contribution in [0, 0.1) is 11.3 Å². The highest BCUT2D eigenvalue weighted by molar-refractivity contribution is 7.99. The fourth-order valence-corrected chi connectivity index (χ4v) is 2.17. The lowest BCUT2D eigenvalue weighted by Gasteiger charge is -2.05. The number of hydrogen-bond acceptors (Lipinski definition) is 4. The average molecular weight is 227 g/mol. The van der Waals surface area contributed by atoms with Gasteiger partial charge in [-0.3, -0.25) is 0 Å². The van der Waals surface area contributed by atoms with Crippen LogP contribution in [-0.4, -0.2) is 4.98 Å². The first-order valence-corrected chi connectivity index (χ1v) is 5.50. The minimum absolute atomic E-state index is 0.486. The number of nitrogen functional groups attached to an aromatic ring is 1. The molecule has 1 aromatic carbocycles. The summed E-state index contributed by atoms with van der Waals surface area (Å²) in [6.07, 6.45) is 1.65. The molecule has 0 aliphatic rings. The van der Waals surface area contributed by atoms with Crippen molar-refractivity contribution in [1.29, 1.82) is 5.26 Å². The molecule has 2 rings (SSSR count). The molecule has 2 aromatic rings. The van der Waals surface area contributed by atoms with Gasteiger partial charge in [0.2, 0.25) is 0 Å². The van der Waals surface area contributed by atoms with Crippen molar-refractivity contribution in [1.82, 2.24) is 4.98 Å². The van der Waals surface area contributed by atoms with Gasteiger partial charge in [-0.1, -0.05) is 23.9 Å². The van der Waals surface area contributed by atoms with Crippen LogP contribution < -0.4 is 5.73 Å². The molecule has 0 amide bonds. The average Bonchev–Trinajstić information content (AvgIpc) is 2.33. The van der Waals surface area contributed by atoms with Crippen molar-refractivity contribution in [3.05, 3.63) is 48.2 Å². The van der Waals surface area contributed by atoms with Crippen LogP contribution in [-0.2, 0) is 0 Å². The fraction of sp³-hybridized carbons (Fsp3) is 0. The Morgan fingerprint density at radius 1 is 1.12 bits per heavy atom. The molecule has 1 heterocycles. The largest absolute Gasteiger partial charge is 0.383 e. The topological polar surface area (TPSA) is 62.7 Å². The van der Waals surface area contributed by atoms with E-state index in [1.54, 1.807) is 12.3 Å². The number of aromatic nitrogens is 1. The fourth-order valence-electron chi connectivity index (χ4n) is 1.26. The number of benzene rings is 1. The Morgan fingerprint density at radius 2 is 1.88 bits per heavy atom. The summed E-state index contributed by atoms with van der Waals surface area (Å²) < 4.78 is 0. The second kappa shape index (κ2) is 4.69. The van der Waals surface area contributed by atoms with Crippen molar-refractivity contribution in [2.24, 2.45) is 0 Å². The summed E-state index contributed by atoms with van der Waals surface area (Å²) in [4.78, 5) is 5.76. The van der Waals surface area contributed by atoms with Crippen LogP contribution in [0.4, 0.5) is 5.82 Å². The lowest BCUT2D eigenvalue weighted by Crippen LogP contribution is -1.91. The van der Waals surface area contributed by atoms with Gasteiger partial charge < -0.3 is 5.73 Å². The van der Waals surface area contributed by atoms with Gasteiger partial charge in [-0.15, -0.1) is 0 Å². The molecule has 2 N–H and O–H groups in total. The van der Waals surface area contributed by atoms with Crippen LogP contribution in [0.25, 0.3) is 0 Å². The smallest absolute Gasteiger partial charge is 0.137 e. The molecule has 0 aliphatic heterocycles. The van der Waals surface area contributed by atoms with Crippen molar-refractivity contribution >= 4 is 17.6 Å². The van der Waals surface area contributed by atoms with E-state index < -0.39 is 0 Å². The number of nitrogens with zero attached hydrogens (tertiary/aromatic N) is 2. The minimum atomic E-state index is 0.486. The second-order valence-electron chi connectivity index (χ2n) is 3.10. The summed E-state index contributed by atoms with van der Waals surface area (Å²) >= 11 is 1.46. The quantitative estimate of drug-likeness (QED) is 0.856. The predicted molar refractivity (Wildman–Crippen MR) is 63.9 cm³/mol. The number of hydrogen-bond donors (Lipinski definition) is 1. The maximum absolute atomic E-state index is 8.96. The van der Waals surface area contributed by atoms with Crippen molar-refractivity contribution in [2.75, 3.05) is 5.73 Å². The molecule has 0 atom stereocenters. The van der Waals surface area contributed by atoms with Crippen LogP contribution >= 0.6 is 11.8 Å². The predicted octanol–water partition coefficient (Wildman–Crippen LogP) is 2.69. The van der Waals surface area contributed by atoms with E-state index in [1.165, 1.54) is 11.8 Å². The maximum atomic E-state index is 8.96. The van der Waals surface area contributed by atoms with Crippen molar-refractivity contribution in [3.8, 4) is 6.07 Å². The highest BCUT2D eigenvalue weighted by Gasteiger charge is 2.05. The van der Waals surface area contributed by atoms with E-state index in [4.69, 9.17) is 11.0 Å². The van der Waals surface area contributed by atoms with E-state index in [0.29, 0.717) is 11.4 Å². The molecule has 0 bridgehead atoms. The molecule has 0 saturated heterocycles. The molecule has 16 heavy (non-hydrogen) atoms. The van der Waals surface area contributed by atoms with Gasteiger partial charge in [0.15, 0.2) is 0 Å². The number of nitriles is 1. The van der Waals surface area contributed by atoms with Crippen molar-refractivity contribution in [3.63, 3.8) is 0 Å². The molecule has 4 heteroatoms. The molecule has 0 fully saturated rings. The van der Waals surface area contributed by atoms with Crippen LogP contribution in [0.5, 0.6) is 0 Å². The SMILES string of the molecule is N#Cc1ccccc1Sc1cccnc1N. The Kier molecular flexibility index (Phi) is 3.08. The van der Waals surface area contributed by atoms with E-state index in [0.717, 1.165) is 9.79 Å². The van der Waals surface area contributed by atoms with E-state index in [1.807, 2.05) is 30.3 Å². The Labute approximate surface area is 97.9 Å². The Morgan fingerprint density at radius 3 is 2.62 bits per heavy atom. The third-order valence-electron chi connectivity index (χ3n) is 2.03. The lowest BCUT2D eigenvalue weighted by molar-refractivity contribution is 1.24. The number of rotatable bonds is 2. The summed E-state index contributed by atoms with van der Waals surface area (Å²) in [5, 5.41) is 8.96. The van der Waals surface area contributed by atoms with E-state index in [-0.39, 0.29) is 0 Å². The molecule has 0 saturated carbocycles. The number of pyridine rings is 1. The molecule has 0 aliphatic carbocycles. The van der Waals surface area contributed by atoms with E-state index in [9.17, 15) is 0 Å². The first kappa shape index (κ1) is 10.5. The summed E-state index contributed by atoms with van der Waals surface area (Å²) in [7, 11) is 0. The van der Waals surface area contributed by atoms with Gasteiger partial charge in [-0.05, 0) is 24.3 Å². The van der Waals surface area contributed by atoms with E-state index in [2.05, 4.69) is 11.1 Å². The summed E-state index contributed by atoms with van der Waals surface area (Å²) in [5.74, 6) is 0.486. The van der Waals surface area contributed by atoms with Crippen LogP contribution in [0.2, 0.25) is 0 Å². The standard InChI is InChI=1S/C12H9N3S/c13-8-9-4-1-2-5-10(9)16-11-6-3-7-15-12(11)14/h1-7H,(H2,14,15). The van der Waals surface area contributed by atoms with Gasteiger partial charge in [0, 0.05) is 11.1 Å². The molecule has 78 valence electrons. The zero-order valence-corrected chi connectivity index (χ0v) is 9.24. The van der Waals surface area contributed by atoms with E-state index >= 15 is 0 Å². The maximum Gasteiger partial charge on any atom is 0.137 e. The molecule has 0 spiro atoms. The summed E-state index contributed by atoms with van der Waals surface area (Å²) in [6.45, 7) is 0. The lowest BCUT2D eigenvalue weighted by atomic mass is 10.2. The zero-order valence-electron chi connectivity index (χ0n) is 8.42. The number of anilines is 1. The molecule has 0 radical (unpaired) electrons. The normalized spacial score (nSPS) is 9.69. The molecular weight excluding hydrogens is 218 g/mol.